The van der Waals surface area contributed by atoms with E-state index in [1.54, 1.807) is 18.5 Å². The van der Waals surface area contributed by atoms with Gasteiger partial charge >= 0.3 is 5.97 Å². The van der Waals surface area contributed by atoms with Crippen LogP contribution in [-0.4, -0.2) is 38.6 Å². The van der Waals surface area contributed by atoms with Crippen molar-refractivity contribution in [1.29, 1.82) is 0 Å². The average molecular weight is 345 g/mol. The van der Waals surface area contributed by atoms with Crippen LogP contribution in [-0.2, 0) is 11.2 Å². The van der Waals surface area contributed by atoms with Crippen molar-refractivity contribution in [2.24, 2.45) is 0 Å². The molecule has 0 aliphatic rings. The molecule has 9 heteroatoms. The number of hydrogen-bond donors (Lipinski definition) is 1. The summed E-state index contributed by atoms with van der Waals surface area (Å²) < 4.78 is 6.25. The number of nitrogens with one attached hydrogen (secondary N) is 1. The van der Waals surface area contributed by atoms with Crippen LogP contribution in [0, 0.1) is 6.92 Å². The van der Waals surface area contributed by atoms with E-state index in [9.17, 15) is 9.59 Å². The summed E-state index contributed by atoms with van der Waals surface area (Å²) in [5.41, 5.74) is 1.25. The fourth-order valence-corrected chi connectivity index (χ4v) is 3.53. The molecule has 1 N–H and O–H groups in total. The Kier molecular flexibility index (Phi) is 4.26. The van der Waals surface area contributed by atoms with Gasteiger partial charge in [0.2, 0.25) is 5.82 Å². The van der Waals surface area contributed by atoms with E-state index < -0.39 is 11.9 Å². The molecule has 124 valence electrons. The molecule has 0 spiro atoms. The highest BCUT2D eigenvalue weighted by Crippen LogP contribution is 2.34. The van der Waals surface area contributed by atoms with Crippen LogP contribution in [0.1, 0.15) is 38.3 Å². The quantitative estimate of drug-likeness (QED) is 0.727. The highest BCUT2D eigenvalue weighted by Gasteiger charge is 2.24. The number of nitrogens with zero attached hydrogens (tertiary/aromatic N) is 4. The van der Waals surface area contributed by atoms with Crippen molar-refractivity contribution in [2.75, 3.05) is 12.4 Å². The van der Waals surface area contributed by atoms with Crippen LogP contribution in [0.5, 0.6) is 0 Å². The Bertz CT molecular complexity index is 897. The molecule has 0 fully saturated rings. The third kappa shape index (κ3) is 2.73. The molecule has 0 saturated carbocycles. The first-order valence-corrected chi connectivity index (χ1v) is 8.06. The second-order valence-corrected chi connectivity index (χ2v) is 6.16. The minimum atomic E-state index is -0.505. The summed E-state index contributed by atoms with van der Waals surface area (Å²) in [6, 6.07) is 1.69. The second-order valence-electron chi connectivity index (χ2n) is 4.94. The van der Waals surface area contributed by atoms with Gasteiger partial charge in [-0.25, -0.2) is 14.3 Å². The zero-order valence-corrected chi connectivity index (χ0v) is 14.2. The van der Waals surface area contributed by atoms with Gasteiger partial charge in [-0.05, 0) is 25.0 Å². The normalized spacial score (nSPS) is 10.8. The van der Waals surface area contributed by atoms with E-state index in [1.165, 1.54) is 23.0 Å². The van der Waals surface area contributed by atoms with Crippen LogP contribution >= 0.6 is 11.3 Å². The Morgan fingerprint density at radius 3 is 2.88 bits per heavy atom. The van der Waals surface area contributed by atoms with Crippen LogP contribution in [0.2, 0.25) is 0 Å². The number of aryl methyl sites for hydroxylation is 1. The molecule has 8 nitrogen and oxygen atoms in total. The Hall–Kier alpha value is -2.81. The number of methoxy groups -OCH3 is 1. The van der Waals surface area contributed by atoms with Gasteiger partial charge in [-0.1, -0.05) is 6.92 Å². The van der Waals surface area contributed by atoms with Crippen LogP contribution in [0.3, 0.4) is 0 Å². The molecule has 0 atom stereocenters. The number of fused-ring (bicyclic) bond motifs is 1. The summed E-state index contributed by atoms with van der Waals surface area (Å²) in [5.74, 6) is -0.674. The van der Waals surface area contributed by atoms with Gasteiger partial charge in [0.1, 0.15) is 5.00 Å². The first kappa shape index (κ1) is 16.1. The van der Waals surface area contributed by atoms with Gasteiger partial charge in [0.05, 0.1) is 12.7 Å². The third-order valence-corrected chi connectivity index (χ3v) is 4.56. The van der Waals surface area contributed by atoms with E-state index in [1.807, 2.05) is 13.8 Å². The number of thiophene rings is 1. The van der Waals surface area contributed by atoms with E-state index >= 15 is 0 Å². The van der Waals surface area contributed by atoms with Crippen molar-refractivity contribution >= 4 is 34.0 Å². The fraction of sp³-hybridized carbons (Fsp3) is 0.267. The SMILES string of the molecule is CCc1c(C)sc(NC(=O)c2nc3ncccn3n2)c1C(=O)OC. The minimum absolute atomic E-state index is 0.0198. The van der Waals surface area contributed by atoms with Crippen molar-refractivity contribution in [3.8, 4) is 0 Å². The van der Waals surface area contributed by atoms with Gasteiger partial charge in [-0.15, -0.1) is 16.4 Å². The smallest absolute Gasteiger partial charge is 0.341 e. The molecule has 3 heterocycles. The summed E-state index contributed by atoms with van der Waals surface area (Å²) in [6.07, 6.45) is 3.88. The molecule has 0 radical (unpaired) electrons. The van der Waals surface area contributed by atoms with Crippen molar-refractivity contribution < 1.29 is 14.3 Å². The summed E-state index contributed by atoms with van der Waals surface area (Å²) in [7, 11) is 1.32. The molecule has 0 aliphatic heterocycles. The maximum Gasteiger partial charge on any atom is 0.341 e. The van der Waals surface area contributed by atoms with E-state index in [0.717, 1.165) is 10.4 Å². The van der Waals surface area contributed by atoms with Crippen LogP contribution in [0.4, 0.5) is 5.00 Å². The summed E-state index contributed by atoms with van der Waals surface area (Å²) in [6.45, 7) is 3.85. The van der Waals surface area contributed by atoms with Crippen molar-refractivity contribution in [1.82, 2.24) is 19.6 Å². The lowest BCUT2D eigenvalue weighted by molar-refractivity contribution is 0.0601. The second kappa shape index (κ2) is 6.36. The summed E-state index contributed by atoms with van der Waals surface area (Å²) in [4.78, 5) is 33.6. The molecule has 0 bridgehead atoms. The highest BCUT2D eigenvalue weighted by molar-refractivity contribution is 7.16. The molecule has 1 amide bonds. The number of anilines is 1. The van der Waals surface area contributed by atoms with Gasteiger partial charge in [-0.3, -0.25) is 4.79 Å². The van der Waals surface area contributed by atoms with Gasteiger partial charge in [-0.2, -0.15) is 4.98 Å². The molecule has 3 rings (SSSR count). The molecule has 0 aliphatic carbocycles. The van der Waals surface area contributed by atoms with Crippen molar-refractivity contribution in [3.05, 3.63) is 40.3 Å². The molecule has 24 heavy (non-hydrogen) atoms. The number of ether oxygens (including phenoxy) is 1. The number of aromatic nitrogens is 4. The number of hydrogen-bond acceptors (Lipinski definition) is 7. The molecule has 3 aromatic heterocycles. The molecule has 0 aromatic carbocycles. The Morgan fingerprint density at radius 1 is 1.42 bits per heavy atom. The predicted molar refractivity (Wildman–Crippen MR) is 88.5 cm³/mol. The largest absolute Gasteiger partial charge is 0.465 e. The Balaban J connectivity index is 1.95. The average Bonchev–Trinajstić information content (AvgIpc) is 3.14. The van der Waals surface area contributed by atoms with Crippen LogP contribution in [0.25, 0.3) is 5.78 Å². The van der Waals surface area contributed by atoms with Gasteiger partial charge in [0.15, 0.2) is 0 Å². The highest BCUT2D eigenvalue weighted by atomic mass is 32.1. The first-order valence-electron chi connectivity index (χ1n) is 7.24. The number of esters is 1. The first-order chi connectivity index (χ1) is 11.5. The lowest BCUT2D eigenvalue weighted by Gasteiger charge is -2.05. The summed E-state index contributed by atoms with van der Waals surface area (Å²) in [5, 5.41) is 7.22. The van der Waals surface area contributed by atoms with Crippen molar-refractivity contribution in [2.45, 2.75) is 20.3 Å². The lowest BCUT2D eigenvalue weighted by atomic mass is 10.1. The number of amides is 1. The molecule has 0 unspecified atom stereocenters. The topological polar surface area (TPSA) is 98.5 Å². The van der Waals surface area contributed by atoms with E-state index in [0.29, 0.717) is 22.8 Å². The number of carbonyl (C=O) groups is 2. The number of carbonyl (C=O) groups excluding carboxylic acids is 2. The van der Waals surface area contributed by atoms with Crippen LogP contribution < -0.4 is 5.32 Å². The maximum atomic E-state index is 12.4. The summed E-state index contributed by atoms with van der Waals surface area (Å²) >= 11 is 1.33. The zero-order valence-electron chi connectivity index (χ0n) is 13.4. The maximum absolute atomic E-state index is 12.4. The van der Waals surface area contributed by atoms with Gasteiger partial charge in [0, 0.05) is 17.3 Å². The van der Waals surface area contributed by atoms with Gasteiger partial charge in [0.25, 0.3) is 11.7 Å². The Labute approximate surface area is 141 Å². The molecular formula is C15H15N5O3S. The standard InChI is InChI=1S/C15H15N5O3S/c1-4-9-8(2)24-13(10(9)14(22)23-3)18-12(21)11-17-15-16-6-5-7-20(15)19-11/h5-7H,4H2,1-3H3,(H,18,21). The monoisotopic (exact) mass is 345 g/mol. The lowest BCUT2D eigenvalue weighted by Crippen LogP contribution is -2.16. The molecule has 0 saturated heterocycles. The number of rotatable bonds is 4. The zero-order chi connectivity index (χ0) is 17.3. The minimum Gasteiger partial charge on any atom is -0.465 e. The Morgan fingerprint density at radius 2 is 2.21 bits per heavy atom. The predicted octanol–water partition coefficient (Wildman–Crippen LogP) is 2.10. The van der Waals surface area contributed by atoms with Crippen molar-refractivity contribution in [3.63, 3.8) is 0 Å². The van der Waals surface area contributed by atoms with E-state index in [4.69, 9.17) is 4.74 Å². The van der Waals surface area contributed by atoms with E-state index in [-0.39, 0.29) is 5.82 Å². The fourth-order valence-electron chi connectivity index (χ4n) is 2.40. The van der Waals surface area contributed by atoms with Crippen LogP contribution in [0.15, 0.2) is 18.5 Å². The van der Waals surface area contributed by atoms with E-state index in [2.05, 4.69) is 20.4 Å². The van der Waals surface area contributed by atoms with Gasteiger partial charge < -0.3 is 10.1 Å². The molecule has 3 aromatic rings. The molecular weight excluding hydrogens is 330 g/mol. The third-order valence-electron chi connectivity index (χ3n) is 3.50.